The quantitative estimate of drug-likeness (QED) is 0.863. The van der Waals surface area contributed by atoms with Crippen LogP contribution in [-0.4, -0.2) is 64.4 Å². The fourth-order valence-corrected chi connectivity index (χ4v) is 3.81. The maximum atomic E-state index is 12.3. The van der Waals surface area contributed by atoms with E-state index >= 15 is 0 Å². The summed E-state index contributed by atoms with van der Waals surface area (Å²) in [5.74, 6) is 0. The lowest BCUT2D eigenvalue weighted by Gasteiger charge is -2.41. The molecule has 1 aliphatic carbocycles. The van der Waals surface area contributed by atoms with Gasteiger partial charge < -0.3 is 14.7 Å². The topological polar surface area (TPSA) is 53.0 Å². The predicted molar refractivity (Wildman–Crippen MR) is 91.5 cm³/mol. The Balaban J connectivity index is 1.94. The van der Waals surface area contributed by atoms with Gasteiger partial charge in [-0.3, -0.25) is 4.90 Å². The fourth-order valence-electron chi connectivity index (χ4n) is 3.81. The zero-order valence-corrected chi connectivity index (χ0v) is 15.3. The van der Waals surface area contributed by atoms with Crippen molar-refractivity contribution in [2.75, 3.05) is 26.2 Å². The Hall–Kier alpha value is -0.810. The molecule has 0 aromatic carbocycles. The number of likely N-dealkylation sites (tertiary alicyclic amines) is 1. The van der Waals surface area contributed by atoms with E-state index in [2.05, 4.69) is 11.8 Å². The number of carbonyl (C=O) groups is 1. The molecular formula is C18H34N2O3. The number of carbonyl (C=O) groups excluding carboxylic acids is 1. The van der Waals surface area contributed by atoms with Crippen molar-refractivity contribution in [3.63, 3.8) is 0 Å². The molecule has 1 heterocycles. The highest BCUT2D eigenvalue weighted by Crippen LogP contribution is 2.31. The van der Waals surface area contributed by atoms with Crippen molar-refractivity contribution in [2.45, 2.75) is 83.5 Å². The molecule has 23 heavy (non-hydrogen) atoms. The number of likely N-dealkylation sites (N-methyl/N-ethyl adjacent to an activating group) is 1. The van der Waals surface area contributed by atoms with Crippen LogP contribution in [0.3, 0.4) is 0 Å². The molecule has 1 amide bonds. The Morgan fingerprint density at radius 3 is 2.52 bits per heavy atom. The minimum Gasteiger partial charge on any atom is -0.444 e. The third-order valence-electron chi connectivity index (χ3n) is 5.00. The minimum atomic E-state index is -0.524. The molecule has 1 saturated carbocycles. The smallest absolute Gasteiger partial charge is 0.410 e. The lowest BCUT2D eigenvalue weighted by molar-refractivity contribution is -0.0199. The maximum absolute atomic E-state index is 12.3. The molecule has 2 fully saturated rings. The largest absolute Gasteiger partial charge is 0.444 e. The third kappa shape index (κ3) is 5.35. The first-order valence-electron chi connectivity index (χ1n) is 9.17. The van der Waals surface area contributed by atoms with Crippen LogP contribution in [0, 0.1) is 0 Å². The first kappa shape index (κ1) is 18.5. The summed E-state index contributed by atoms with van der Waals surface area (Å²) in [6, 6.07) is 0.325. The van der Waals surface area contributed by atoms with E-state index < -0.39 is 11.2 Å². The van der Waals surface area contributed by atoms with Crippen LogP contribution in [0.5, 0.6) is 0 Å². The number of piperidine rings is 1. The molecule has 1 atom stereocenters. The summed E-state index contributed by atoms with van der Waals surface area (Å²) < 4.78 is 5.51. The van der Waals surface area contributed by atoms with Crippen LogP contribution in [0.25, 0.3) is 0 Å². The normalized spacial score (nSPS) is 25.0. The van der Waals surface area contributed by atoms with Crippen molar-refractivity contribution in [1.82, 2.24) is 9.80 Å². The molecule has 0 radical (unpaired) electrons. The SMILES string of the molecule is CCN(CC1(O)CCCC1)C1CCCN(C(=O)OC(C)(C)C)C1. The highest BCUT2D eigenvalue weighted by atomic mass is 16.6. The molecule has 2 rings (SSSR count). The van der Waals surface area contributed by atoms with E-state index in [0.717, 1.165) is 58.2 Å². The van der Waals surface area contributed by atoms with E-state index in [1.807, 2.05) is 25.7 Å². The van der Waals surface area contributed by atoms with Crippen LogP contribution in [0.1, 0.15) is 66.2 Å². The number of nitrogens with zero attached hydrogens (tertiary/aromatic N) is 2. The van der Waals surface area contributed by atoms with Gasteiger partial charge in [0.2, 0.25) is 0 Å². The van der Waals surface area contributed by atoms with E-state index in [9.17, 15) is 9.90 Å². The van der Waals surface area contributed by atoms with E-state index in [4.69, 9.17) is 4.74 Å². The Morgan fingerprint density at radius 2 is 1.96 bits per heavy atom. The van der Waals surface area contributed by atoms with Gasteiger partial charge in [-0.15, -0.1) is 0 Å². The molecule has 0 aromatic rings. The van der Waals surface area contributed by atoms with E-state index in [-0.39, 0.29) is 6.09 Å². The molecule has 5 heteroatoms. The second-order valence-corrected chi connectivity index (χ2v) is 8.22. The Morgan fingerprint density at radius 1 is 1.30 bits per heavy atom. The molecule has 1 N–H and O–H groups in total. The first-order chi connectivity index (χ1) is 10.7. The summed E-state index contributed by atoms with van der Waals surface area (Å²) in [6.45, 7) is 11.0. The van der Waals surface area contributed by atoms with Gasteiger partial charge >= 0.3 is 6.09 Å². The Kier molecular flexibility index (Phi) is 5.95. The maximum Gasteiger partial charge on any atom is 0.410 e. The molecule has 0 bridgehead atoms. The van der Waals surface area contributed by atoms with Crippen LogP contribution in [0.2, 0.25) is 0 Å². The number of ether oxygens (including phenoxy) is 1. The van der Waals surface area contributed by atoms with Gasteiger partial charge in [0.05, 0.1) is 5.60 Å². The van der Waals surface area contributed by atoms with Crippen LogP contribution in [0.15, 0.2) is 0 Å². The average Bonchev–Trinajstić information content (AvgIpc) is 2.90. The van der Waals surface area contributed by atoms with Gasteiger partial charge in [-0.1, -0.05) is 19.8 Å². The number of aliphatic hydroxyl groups is 1. The lowest BCUT2D eigenvalue weighted by Crippen LogP contribution is -2.54. The highest BCUT2D eigenvalue weighted by Gasteiger charge is 2.36. The summed E-state index contributed by atoms with van der Waals surface area (Å²) in [7, 11) is 0. The molecule has 134 valence electrons. The van der Waals surface area contributed by atoms with Crippen molar-refractivity contribution < 1.29 is 14.6 Å². The molecule has 2 aliphatic rings. The zero-order valence-electron chi connectivity index (χ0n) is 15.3. The van der Waals surface area contributed by atoms with Gasteiger partial charge in [0.1, 0.15) is 5.60 Å². The standard InChI is InChI=1S/C18H34N2O3/c1-5-19(14-18(22)10-6-7-11-18)15-9-8-12-20(13-15)16(21)23-17(2,3)4/h15,22H,5-14H2,1-4H3. The summed E-state index contributed by atoms with van der Waals surface area (Å²) in [5, 5.41) is 10.7. The monoisotopic (exact) mass is 326 g/mol. The van der Waals surface area contributed by atoms with Gasteiger partial charge in [0.15, 0.2) is 0 Å². The third-order valence-corrected chi connectivity index (χ3v) is 5.00. The zero-order chi connectivity index (χ0) is 17.1. The Bertz CT molecular complexity index is 400. The molecule has 0 spiro atoms. The summed E-state index contributed by atoms with van der Waals surface area (Å²) in [5.41, 5.74) is -0.975. The molecular weight excluding hydrogens is 292 g/mol. The summed E-state index contributed by atoms with van der Waals surface area (Å²) >= 11 is 0. The predicted octanol–water partition coefficient (Wildman–Crippen LogP) is 3.01. The van der Waals surface area contributed by atoms with E-state index in [1.165, 1.54) is 0 Å². The van der Waals surface area contributed by atoms with Crippen LogP contribution >= 0.6 is 0 Å². The molecule has 5 nitrogen and oxygen atoms in total. The van der Waals surface area contributed by atoms with Crippen molar-refractivity contribution in [3.05, 3.63) is 0 Å². The van der Waals surface area contributed by atoms with Gasteiger partial charge in [-0.2, -0.15) is 0 Å². The van der Waals surface area contributed by atoms with Gasteiger partial charge in [-0.25, -0.2) is 4.79 Å². The van der Waals surface area contributed by atoms with Gasteiger partial charge in [0.25, 0.3) is 0 Å². The second-order valence-electron chi connectivity index (χ2n) is 8.22. The number of rotatable bonds is 4. The average molecular weight is 326 g/mol. The molecule has 1 aliphatic heterocycles. The van der Waals surface area contributed by atoms with E-state index in [1.54, 1.807) is 0 Å². The molecule has 1 saturated heterocycles. The highest BCUT2D eigenvalue weighted by molar-refractivity contribution is 5.68. The fraction of sp³-hybridized carbons (Fsp3) is 0.944. The van der Waals surface area contributed by atoms with Crippen molar-refractivity contribution in [3.8, 4) is 0 Å². The number of hydrogen-bond acceptors (Lipinski definition) is 4. The number of amides is 1. The Labute approximate surface area is 141 Å². The van der Waals surface area contributed by atoms with Crippen molar-refractivity contribution >= 4 is 6.09 Å². The van der Waals surface area contributed by atoms with Crippen molar-refractivity contribution in [2.24, 2.45) is 0 Å². The van der Waals surface area contributed by atoms with Crippen LogP contribution in [0.4, 0.5) is 4.79 Å². The second kappa shape index (κ2) is 7.39. The van der Waals surface area contributed by atoms with Gasteiger partial charge in [-0.05, 0) is 53.0 Å². The molecule has 1 unspecified atom stereocenters. The first-order valence-corrected chi connectivity index (χ1v) is 9.17. The van der Waals surface area contributed by atoms with Crippen LogP contribution < -0.4 is 0 Å². The van der Waals surface area contributed by atoms with Crippen molar-refractivity contribution in [1.29, 1.82) is 0 Å². The van der Waals surface area contributed by atoms with Gasteiger partial charge in [0, 0.05) is 25.7 Å². The molecule has 0 aromatic heterocycles. The minimum absolute atomic E-state index is 0.210. The van der Waals surface area contributed by atoms with E-state index in [0.29, 0.717) is 12.6 Å². The van der Waals surface area contributed by atoms with Crippen LogP contribution in [-0.2, 0) is 4.74 Å². The summed E-state index contributed by atoms with van der Waals surface area (Å²) in [4.78, 5) is 16.5. The lowest BCUT2D eigenvalue weighted by atomic mass is 9.98. The number of hydrogen-bond donors (Lipinski definition) is 1. The summed E-state index contributed by atoms with van der Waals surface area (Å²) in [6.07, 6.45) is 5.95.